The first kappa shape index (κ1) is 14.2. The van der Waals surface area contributed by atoms with E-state index >= 15 is 0 Å². The van der Waals surface area contributed by atoms with Gasteiger partial charge in [-0.2, -0.15) is 13.2 Å². The Morgan fingerprint density at radius 1 is 1.33 bits per heavy atom. The highest BCUT2D eigenvalue weighted by molar-refractivity contribution is 5.45. The van der Waals surface area contributed by atoms with Crippen molar-refractivity contribution in [2.24, 2.45) is 0 Å². The van der Waals surface area contributed by atoms with Crippen molar-refractivity contribution in [2.45, 2.75) is 6.18 Å². The van der Waals surface area contributed by atoms with Gasteiger partial charge in [-0.15, -0.1) is 0 Å². The normalized spacial score (nSPS) is 11.3. The lowest BCUT2D eigenvalue weighted by molar-refractivity contribution is -0.385. The van der Waals surface area contributed by atoms with Gasteiger partial charge < -0.3 is 9.47 Å². The first-order valence-corrected chi connectivity index (χ1v) is 4.83. The molecule has 0 unspecified atom stereocenters. The molecule has 0 aromatic heterocycles. The predicted octanol–water partition coefficient (Wildman–Crippen LogP) is 2.64. The maximum Gasteiger partial charge on any atom is 0.419 e. The third-order valence-corrected chi connectivity index (χ3v) is 2.03. The summed E-state index contributed by atoms with van der Waals surface area (Å²) in [5.41, 5.74) is -1.51. The van der Waals surface area contributed by atoms with E-state index in [4.69, 9.17) is 4.74 Å². The highest BCUT2D eigenvalue weighted by Crippen LogP contribution is 2.38. The van der Waals surface area contributed by atoms with Crippen LogP contribution in [0.1, 0.15) is 5.56 Å². The number of rotatable bonds is 5. The van der Waals surface area contributed by atoms with Crippen LogP contribution in [0.15, 0.2) is 18.2 Å². The largest absolute Gasteiger partial charge is 0.490 e. The van der Waals surface area contributed by atoms with E-state index in [-0.39, 0.29) is 13.2 Å². The van der Waals surface area contributed by atoms with E-state index in [9.17, 15) is 23.3 Å². The molecular formula is C10H10F3NO4. The molecule has 1 aromatic rings. The fourth-order valence-electron chi connectivity index (χ4n) is 1.21. The summed E-state index contributed by atoms with van der Waals surface area (Å²) in [6.45, 7) is -0.0409. The van der Waals surface area contributed by atoms with E-state index in [0.29, 0.717) is 6.07 Å². The van der Waals surface area contributed by atoms with Crippen molar-refractivity contribution in [1.82, 2.24) is 0 Å². The number of non-ortho nitro benzene ring substituents is 1. The molecular weight excluding hydrogens is 255 g/mol. The molecule has 0 bridgehead atoms. The van der Waals surface area contributed by atoms with E-state index in [2.05, 4.69) is 4.74 Å². The molecule has 0 saturated heterocycles. The monoisotopic (exact) mass is 265 g/mol. The number of hydrogen-bond donors (Lipinski definition) is 0. The molecule has 1 rings (SSSR count). The fourth-order valence-corrected chi connectivity index (χ4v) is 1.21. The Morgan fingerprint density at radius 2 is 2.00 bits per heavy atom. The van der Waals surface area contributed by atoms with Gasteiger partial charge in [-0.3, -0.25) is 10.1 Å². The highest BCUT2D eigenvalue weighted by Gasteiger charge is 2.35. The van der Waals surface area contributed by atoms with Crippen LogP contribution >= 0.6 is 0 Å². The van der Waals surface area contributed by atoms with E-state index in [1.54, 1.807) is 0 Å². The molecule has 0 heterocycles. The second-order valence-corrected chi connectivity index (χ2v) is 3.28. The second-order valence-electron chi connectivity index (χ2n) is 3.28. The van der Waals surface area contributed by atoms with Gasteiger partial charge in [-0.05, 0) is 6.07 Å². The Morgan fingerprint density at radius 3 is 2.50 bits per heavy atom. The summed E-state index contributed by atoms with van der Waals surface area (Å²) in [5.74, 6) is -0.575. The Balaban J connectivity index is 3.06. The van der Waals surface area contributed by atoms with Crippen LogP contribution in [-0.4, -0.2) is 25.2 Å². The predicted molar refractivity (Wildman–Crippen MR) is 55.5 cm³/mol. The average molecular weight is 265 g/mol. The summed E-state index contributed by atoms with van der Waals surface area (Å²) in [5, 5.41) is 10.5. The lowest BCUT2D eigenvalue weighted by atomic mass is 10.1. The molecule has 0 fully saturated rings. The van der Waals surface area contributed by atoms with E-state index in [1.165, 1.54) is 7.11 Å². The molecule has 1 aromatic carbocycles. The summed E-state index contributed by atoms with van der Waals surface area (Å²) < 4.78 is 47.3. The molecule has 0 aliphatic heterocycles. The first-order chi connectivity index (χ1) is 8.36. The maximum absolute atomic E-state index is 12.6. The van der Waals surface area contributed by atoms with Crippen molar-refractivity contribution in [2.75, 3.05) is 20.3 Å². The fraction of sp³-hybridized carbons (Fsp3) is 0.400. The molecule has 0 amide bonds. The van der Waals surface area contributed by atoms with Crippen molar-refractivity contribution in [3.8, 4) is 5.75 Å². The van der Waals surface area contributed by atoms with Gasteiger partial charge in [0, 0.05) is 13.2 Å². The van der Waals surface area contributed by atoms with Gasteiger partial charge in [0.2, 0.25) is 0 Å². The smallest absolute Gasteiger partial charge is 0.419 e. The zero-order valence-corrected chi connectivity index (χ0v) is 9.36. The summed E-state index contributed by atoms with van der Waals surface area (Å²) in [6, 6.07) is 2.16. The average Bonchev–Trinajstić information content (AvgIpc) is 2.27. The van der Waals surface area contributed by atoms with Crippen LogP contribution in [0.25, 0.3) is 0 Å². The SMILES string of the molecule is COCCOc1cc([N+](=O)[O-])ccc1C(F)(F)F. The molecule has 100 valence electrons. The highest BCUT2D eigenvalue weighted by atomic mass is 19.4. The zero-order valence-electron chi connectivity index (χ0n) is 9.36. The standard InChI is InChI=1S/C10H10F3NO4/c1-17-4-5-18-9-6-7(14(15)16)2-3-8(9)10(11,12)13/h2-3,6H,4-5H2,1H3. The van der Waals surface area contributed by atoms with Crippen LogP contribution in [-0.2, 0) is 10.9 Å². The zero-order chi connectivity index (χ0) is 13.8. The van der Waals surface area contributed by atoms with Crippen LogP contribution in [0.2, 0.25) is 0 Å². The Bertz CT molecular complexity index is 434. The lowest BCUT2D eigenvalue weighted by Gasteiger charge is -2.13. The number of hydrogen-bond acceptors (Lipinski definition) is 4. The Hall–Kier alpha value is -1.83. The molecule has 5 nitrogen and oxygen atoms in total. The van der Waals surface area contributed by atoms with Gasteiger partial charge in [-0.25, -0.2) is 0 Å². The minimum atomic E-state index is -4.63. The molecule has 0 aliphatic carbocycles. The van der Waals surface area contributed by atoms with Crippen LogP contribution in [0.4, 0.5) is 18.9 Å². The number of methoxy groups -OCH3 is 1. The summed E-state index contributed by atoms with van der Waals surface area (Å²) in [4.78, 5) is 9.70. The Labute approximate surface area is 100 Å². The molecule has 18 heavy (non-hydrogen) atoms. The maximum atomic E-state index is 12.6. The number of benzene rings is 1. The van der Waals surface area contributed by atoms with Crippen molar-refractivity contribution in [3.63, 3.8) is 0 Å². The van der Waals surface area contributed by atoms with Crippen molar-refractivity contribution in [3.05, 3.63) is 33.9 Å². The van der Waals surface area contributed by atoms with Gasteiger partial charge in [0.15, 0.2) is 0 Å². The molecule has 0 radical (unpaired) electrons. The quantitative estimate of drug-likeness (QED) is 0.466. The summed E-state index contributed by atoms with van der Waals surface area (Å²) >= 11 is 0. The second kappa shape index (κ2) is 5.67. The molecule has 0 spiro atoms. The summed E-state index contributed by atoms with van der Waals surface area (Å²) in [7, 11) is 1.36. The molecule has 8 heteroatoms. The Kier molecular flexibility index (Phi) is 4.49. The number of nitro benzene ring substituents is 1. The van der Waals surface area contributed by atoms with Crippen molar-refractivity contribution in [1.29, 1.82) is 0 Å². The summed E-state index contributed by atoms with van der Waals surface area (Å²) in [6.07, 6.45) is -4.63. The number of ether oxygens (including phenoxy) is 2. The molecule has 0 aliphatic rings. The number of halogens is 3. The van der Waals surface area contributed by atoms with E-state index < -0.39 is 28.1 Å². The molecule has 0 saturated carbocycles. The minimum absolute atomic E-state index is 0.0833. The number of nitrogens with zero attached hydrogens (tertiary/aromatic N) is 1. The van der Waals surface area contributed by atoms with Crippen LogP contribution in [0, 0.1) is 10.1 Å². The lowest BCUT2D eigenvalue weighted by Crippen LogP contribution is -2.11. The number of alkyl halides is 3. The van der Waals surface area contributed by atoms with E-state index in [1.807, 2.05) is 0 Å². The molecule has 0 atom stereocenters. The molecule has 0 N–H and O–H groups in total. The third-order valence-electron chi connectivity index (χ3n) is 2.03. The van der Waals surface area contributed by atoms with Crippen molar-refractivity contribution < 1.29 is 27.6 Å². The van der Waals surface area contributed by atoms with Gasteiger partial charge >= 0.3 is 6.18 Å². The van der Waals surface area contributed by atoms with Gasteiger partial charge in [0.05, 0.1) is 23.2 Å². The van der Waals surface area contributed by atoms with Crippen molar-refractivity contribution >= 4 is 5.69 Å². The topological polar surface area (TPSA) is 61.6 Å². The van der Waals surface area contributed by atoms with E-state index in [0.717, 1.165) is 12.1 Å². The minimum Gasteiger partial charge on any atom is -0.490 e. The van der Waals surface area contributed by atoms with Gasteiger partial charge in [0.1, 0.15) is 12.4 Å². The first-order valence-electron chi connectivity index (χ1n) is 4.83. The van der Waals surface area contributed by atoms with Crippen LogP contribution in [0.3, 0.4) is 0 Å². The van der Waals surface area contributed by atoms with Crippen LogP contribution < -0.4 is 4.74 Å². The number of nitro groups is 1. The van der Waals surface area contributed by atoms with Gasteiger partial charge in [0.25, 0.3) is 5.69 Å². The van der Waals surface area contributed by atoms with Gasteiger partial charge in [-0.1, -0.05) is 0 Å². The third kappa shape index (κ3) is 3.59. The van der Waals surface area contributed by atoms with Crippen LogP contribution in [0.5, 0.6) is 5.75 Å².